The number of nitro groups is 1. The Morgan fingerprint density at radius 3 is 2.20 bits per heavy atom. The van der Waals surface area contributed by atoms with Gasteiger partial charge in [0.25, 0.3) is 5.69 Å². The first-order chi connectivity index (χ1) is 14.3. The Kier molecular flexibility index (Phi) is 6.81. The normalized spacial score (nSPS) is 12.3. The molecule has 0 saturated heterocycles. The lowest BCUT2D eigenvalue weighted by Crippen LogP contribution is -2.26. The van der Waals surface area contributed by atoms with E-state index in [4.69, 9.17) is 4.74 Å². The van der Waals surface area contributed by atoms with Crippen LogP contribution in [0.2, 0.25) is 0 Å². The van der Waals surface area contributed by atoms with Gasteiger partial charge in [-0.1, -0.05) is 48.0 Å². The second kappa shape index (κ2) is 9.51. The van der Waals surface area contributed by atoms with Crippen molar-refractivity contribution in [1.82, 2.24) is 4.72 Å². The number of rotatable bonds is 9. The van der Waals surface area contributed by atoms with E-state index in [1.54, 1.807) is 24.3 Å². The van der Waals surface area contributed by atoms with Crippen LogP contribution < -0.4 is 9.46 Å². The van der Waals surface area contributed by atoms with Gasteiger partial charge in [-0.2, -0.15) is 0 Å². The van der Waals surface area contributed by atoms with Crippen LogP contribution in [0, 0.1) is 17.0 Å². The number of sulfonamides is 1. The molecule has 0 aliphatic carbocycles. The Balaban J connectivity index is 1.70. The zero-order valence-electron chi connectivity index (χ0n) is 16.4. The molecule has 1 N–H and O–H groups in total. The van der Waals surface area contributed by atoms with Gasteiger partial charge in [0.15, 0.2) is 0 Å². The second-order valence-corrected chi connectivity index (χ2v) is 8.53. The summed E-state index contributed by atoms with van der Waals surface area (Å²) in [4.78, 5) is 10.6. The molecule has 3 aromatic carbocycles. The van der Waals surface area contributed by atoms with Gasteiger partial charge in [-0.25, -0.2) is 13.1 Å². The number of benzene rings is 3. The van der Waals surface area contributed by atoms with Crippen molar-refractivity contribution in [2.24, 2.45) is 0 Å². The van der Waals surface area contributed by atoms with E-state index >= 15 is 0 Å². The van der Waals surface area contributed by atoms with E-state index in [0.717, 1.165) is 11.1 Å². The molecule has 0 radical (unpaired) electrons. The summed E-state index contributed by atoms with van der Waals surface area (Å²) in [6.45, 7) is 2.06. The topological polar surface area (TPSA) is 98.5 Å². The molecular formula is C22H22N2O5S. The first kappa shape index (κ1) is 21.5. The SMILES string of the molecule is Cc1ccc(S(=O)(=O)NCCC(Oc2ccc([N+](=O)[O-])cc2)c2ccccc2)cc1. The summed E-state index contributed by atoms with van der Waals surface area (Å²) in [7, 11) is -3.62. The molecule has 156 valence electrons. The summed E-state index contributed by atoms with van der Waals surface area (Å²) in [5, 5.41) is 10.8. The van der Waals surface area contributed by atoms with Gasteiger partial charge in [0.05, 0.1) is 9.82 Å². The highest BCUT2D eigenvalue weighted by molar-refractivity contribution is 7.89. The fourth-order valence-corrected chi connectivity index (χ4v) is 3.94. The summed E-state index contributed by atoms with van der Waals surface area (Å²) >= 11 is 0. The highest BCUT2D eigenvalue weighted by Crippen LogP contribution is 2.26. The first-order valence-corrected chi connectivity index (χ1v) is 10.9. The molecule has 1 unspecified atom stereocenters. The molecule has 0 bridgehead atoms. The highest BCUT2D eigenvalue weighted by atomic mass is 32.2. The standard InChI is InChI=1S/C22H22N2O5S/c1-17-7-13-21(14-8-17)30(27,28)23-16-15-22(18-5-3-2-4-6-18)29-20-11-9-19(10-12-20)24(25)26/h2-14,22-23H,15-16H2,1H3. The van der Waals surface area contributed by atoms with Gasteiger partial charge in [-0.15, -0.1) is 0 Å². The average molecular weight is 426 g/mol. The number of nitro benzene ring substituents is 1. The summed E-state index contributed by atoms with van der Waals surface area (Å²) < 4.78 is 33.6. The van der Waals surface area contributed by atoms with E-state index in [0.29, 0.717) is 12.2 Å². The van der Waals surface area contributed by atoms with Crippen molar-refractivity contribution in [1.29, 1.82) is 0 Å². The van der Waals surface area contributed by atoms with Crippen LogP contribution in [0.4, 0.5) is 5.69 Å². The van der Waals surface area contributed by atoms with Gasteiger partial charge in [0.1, 0.15) is 11.9 Å². The Bertz CT molecular complexity index is 1080. The van der Waals surface area contributed by atoms with Gasteiger partial charge in [0.2, 0.25) is 10.0 Å². The molecular weight excluding hydrogens is 404 g/mol. The first-order valence-electron chi connectivity index (χ1n) is 9.37. The van der Waals surface area contributed by atoms with Crippen LogP contribution in [-0.4, -0.2) is 19.9 Å². The van der Waals surface area contributed by atoms with E-state index in [9.17, 15) is 18.5 Å². The van der Waals surface area contributed by atoms with Crippen molar-refractivity contribution < 1.29 is 18.1 Å². The molecule has 7 nitrogen and oxygen atoms in total. The predicted molar refractivity (Wildman–Crippen MR) is 114 cm³/mol. The molecule has 0 heterocycles. The third-order valence-corrected chi connectivity index (χ3v) is 6.00. The summed E-state index contributed by atoms with van der Waals surface area (Å²) in [5.74, 6) is 0.468. The Hall–Kier alpha value is -3.23. The van der Waals surface area contributed by atoms with Crippen LogP contribution in [0.3, 0.4) is 0 Å². The monoisotopic (exact) mass is 426 g/mol. The number of nitrogens with zero attached hydrogens (tertiary/aromatic N) is 1. The maximum atomic E-state index is 12.5. The van der Waals surface area contributed by atoms with Crippen LogP contribution >= 0.6 is 0 Å². The van der Waals surface area contributed by atoms with Gasteiger partial charge >= 0.3 is 0 Å². The largest absolute Gasteiger partial charge is 0.486 e. The lowest BCUT2D eigenvalue weighted by Gasteiger charge is -2.20. The minimum atomic E-state index is -3.62. The van der Waals surface area contributed by atoms with E-state index < -0.39 is 21.1 Å². The number of hydrogen-bond acceptors (Lipinski definition) is 5. The minimum Gasteiger partial charge on any atom is -0.486 e. The predicted octanol–water partition coefficient (Wildman–Crippen LogP) is 4.39. The zero-order valence-corrected chi connectivity index (χ0v) is 17.2. The Morgan fingerprint density at radius 1 is 0.967 bits per heavy atom. The third kappa shape index (κ3) is 5.65. The molecule has 0 spiro atoms. The van der Waals surface area contributed by atoms with Gasteiger partial charge in [-0.05, 0) is 36.8 Å². The molecule has 0 amide bonds. The fraction of sp³-hybridized carbons (Fsp3) is 0.182. The number of aryl methyl sites for hydroxylation is 1. The van der Waals surface area contributed by atoms with Gasteiger partial charge in [-0.3, -0.25) is 10.1 Å². The maximum Gasteiger partial charge on any atom is 0.269 e. The molecule has 0 aliphatic rings. The third-order valence-electron chi connectivity index (χ3n) is 4.53. The molecule has 3 aromatic rings. The second-order valence-electron chi connectivity index (χ2n) is 6.77. The zero-order chi connectivity index (χ0) is 21.6. The van der Waals surface area contributed by atoms with Crippen molar-refractivity contribution >= 4 is 15.7 Å². The van der Waals surface area contributed by atoms with Crippen molar-refractivity contribution in [3.63, 3.8) is 0 Å². The van der Waals surface area contributed by atoms with Gasteiger partial charge in [0, 0.05) is 25.1 Å². The van der Waals surface area contributed by atoms with E-state index in [2.05, 4.69) is 4.72 Å². The van der Waals surface area contributed by atoms with Crippen molar-refractivity contribution in [2.45, 2.75) is 24.3 Å². The molecule has 3 rings (SSSR count). The number of nitrogens with one attached hydrogen (secondary N) is 1. The van der Waals surface area contributed by atoms with Crippen LogP contribution in [0.5, 0.6) is 5.75 Å². The van der Waals surface area contributed by atoms with E-state index in [1.807, 2.05) is 37.3 Å². The molecule has 0 fully saturated rings. The highest BCUT2D eigenvalue weighted by Gasteiger charge is 2.18. The Labute approximate surface area is 175 Å². The van der Waals surface area contributed by atoms with Crippen molar-refractivity contribution in [2.75, 3.05) is 6.54 Å². The Morgan fingerprint density at radius 2 is 1.60 bits per heavy atom. The molecule has 1 atom stereocenters. The lowest BCUT2D eigenvalue weighted by molar-refractivity contribution is -0.384. The lowest BCUT2D eigenvalue weighted by atomic mass is 10.1. The van der Waals surface area contributed by atoms with E-state index in [1.165, 1.54) is 24.3 Å². The number of non-ortho nitro benzene ring substituents is 1. The van der Waals surface area contributed by atoms with Crippen LogP contribution in [0.15, 0.2) is 83.8 Å². The summed E-state index contributed by atoms with van der Waals surface area (Å²) in [6, 6.07) is 21.9. The van der Waals surface area contributed by atoms with Crippen LogP contribution in [0.25, 0.3) is 0 Å². The fourth-order valence-electron chi connectivity index (χ4n) is 2.90. The quantitative estimate of drug-likeness (QED) is 0.404. The van der Waals surface area contributed by atoms with Gasteiger partial charge < -0.3 is 4.74 Å². The van der Waals surface area contributed by atoms with Crippen molar-refractivity contribution in [3.05, 3.63) is 100 Å². The average Bonchev–Trinajstić information content (AvgIpc) is 2.74. The summed E-state index contributed by atoms with van der Waals surface area (Å²) in [5.41, 5.74) is 1.84. The molecule has 0 aliphatic heterocycles. The molecule has 0 aromatic heterocycles. The maximum absolute atomic E-state index is 12.5. The van der Waals surface area contributed by atoms with E-state index in [-0.39, 0.29) is 17.1 Å². The molecule has 8 heteroatoms. The number of hydrogen-bond donors (Lipinski definition) is 1. The molecule has 30 heavy (non-hydrogen) atoms. The van der Waals surface area contributed by atoms with Crippen LogP contribution in [-0.2, 0) is 10.0 Å². The number of ether oxygens (including phenoxy) is 1. The summed E-state index contributed by atoms with van der Waals surface area (Å²) in [6.07, 6.45) is -0.0418. The minimum absolute atomic E-state index is 0.0236. The smallest absolute Gasteiger partial charge is 0.269 e. The van der Waals surface area contributed by atoms with Crippen LogP contribution in [0.1, 0.15) is 23.7 Å². The molecule has 0 saturated carbocycles. The van der Waals surface area contributed by atoms with Crippen molar-refractivity contribution in [3.8, 4) is 5.75 Å².